The number of imide groups is 1. The Morgan fingerprint density at radius 2 is 2.38 bits per heavy atom. The van der Waals surface area contributed by atoms with Gasteiger partial charge in [-0.1, -0.05) is 0 Å². The minimum atomic E-state index is -0.913. The van der Waals surface area contributed by atoms with Gasteiger partial charge in [0.25, 0.3) is 5.91 Å². The van der Waals surface area contributed by atoms with Gasteiger partial charge in [-0.25, -0.2) is 9.79 Å². The first-order chi connectivity index (χ1) is 6.13. The van der Waals surface area contributed by atoms with Crippen molar-refractivity contribution in [1.29, 1.82) is 0 Å². The molecule has 7 heteroatoms. The number of aliphatic imine (C=N–C) groups is 1. The minimum Gasteiger partial charge on any atom is -0.339 e. The van der Waals surface area contributed by atoms with Crippen molar-refractivity contribution in [2.75, 3.05) is 5.88 Å². The number of rotatable bonds is 2. The number of halogens is 1. The number of carbonyl (C=O) groups is 3. The maximum Gasteiger partial charge on any atom is 0.347 e. The Kier molecular flexibility index (Phi) is 2.97. The zero-order valence-corrected chi connectivity index (χ0v) is 7.17. The molecule has 0 aromatic rings. The number of alkyl halides is 1. The first-order valence-corrected chi connectivity index (χ1v) is 3.91. The molecule has 0 spiro atoms. The Bertz CT molecular complexity index is 289. The summed E-state index contributed by atoms with van der Waals surface area (Å²) < 4.78 is 0. The highest BCUT2D eigenvalue weighted by atomic mass is 35.5. The third-order valence-corrected chi connectivity index (χ3v) is 1.53. The number of nitrogens with zero attached hydrogens (tertiary/aromatic N) is 1. The summed E-state index contributed by atoms with van der Waals surface area (Å²) in [6, 6.07) is -1.65. The van der Waals surface area contributed by atoms with Crippen LogP contribution in [-0.4, -0.2) is 36.0 Å². The molecule has 1 unspecified atom stereocenters. The Labute approximate surface area is 78.3 Å². The predicted molar refractivity (Wildman–Crippen MR) is 44.7 cm³/mol. The van der Waals surface area contributed by atoms with E-state index >= 15 is 0 Å². The number of hydrogen-bond acceptors (Lipinski definition) is 3. The van der Waals surface area contributed by atoms with Crippen molar-refractivity contribution in [3.63, 3.8) is 0 Å². The van der Waals surface area contributed by atoms with E-state index in [-0.39, 0.29) is 5.88 Å². The average Bonchev–Trinajstić information content (AvgIpc) is 2.09. The quantitative estimate of drug-likeness (QED) is 0.566. The van der Waals surface area contributed by atoms with Crippen molar-refractivity contribution in [3.05, 3.63) is 0 Å². The molecule has 1 rings (SSSR count). The lowest BCUT2D eigenvalue weighted by Gasteiger charge is -2.15. The molecule has 0 bridgehead atoms. The van der Waals surface area contributed by atoms with Crippen molar-refractivity contribution in [2.24, 2.45) is 4.99 Å². The van der Waals surface area contributed by atoms with Crippen molar-refractivity contribution in [1.82, 2.24) is 10.6 Å². The van der Waals surface area contributed by atoms with E-state index in [0.717, 1.165) is 6.21 Å². The third kappa shape index (κ3) is 2.51. The summed E-state index contributed by atoms with van der Waals surface area (Å²) in [6.07, 6.45) is 1.06. The van der Waals surface area contributed by atoms with Crippen LogP contribution in [0.2, 0.25) is 0 Å². The molecule has 0 aromatic heterocycles. The summed E-state index contributed by atoms with van der Waals surface area (Å²) in [5.41, 5.74) is 0. The van der Waals surface area contributed by atoms with Crippen LogP contribution in [-0.2, 0) is 9.59 Å². The van der Waals surface area contributed by atoms with Crippen LogP contribution in [0.25, 0.3) is 0 Å². The first-order valence-electron chi connectivity index (χ1n) is 3.38. The molecule has 1 aliphatic rings. The zero-order valence-electron chi connectivity index (χ0n) is 6.41. The summed E-state index contributed by atoms with van der Waals surface area (Å²) in [6.45, 7) is 0. The molecule has 0 saturated heterocycles. The van der Waals surface area contributed by atoms with Gasteiger partial charge in [-0.2, -0.15) is 0 Å². The molecular weight excluding hydrogens is 198 g/mol. The summed E-state index contributed by atoms with van der Waals surface area (Å²) in [5.74, 6) is -1.35. The molecule has 0 aliphatic carbocycles. The lowest BCUT2D eigenvalue weighted by molar-refractivity contribution is -0.125. The summed E-state index contributed by atoms with van der Waals surface area (Å²) in [4.78, 5) is 35.5. The fraction of sp³-hybridized carbons (Fsp3) is 0.333. The van der Waals surface area contributed by atoms with Gasteiger partial charge in [-0.15, -0.1) is 11.6 Å². The van der Waals surface area contributed by atoms with Crippen molar-refractivity contribution in [2.45, 2.75) is 6.04 Å². The van der Waals surface area contributed by atoms with Crippen molar-refractivity contribution < 1.29 is 14.4 Å². The number of urea groups is 1. The van der Waals surface area contributed by atoms with Crippen LogP contribution < -0.4 is 10.6 Å². The second kappa shape index (κ2) is 3.99. The highest BCUT2D eigenvalue weighted by Crippen LogP contribution is 1.90. The SMILES string of the molecule is O=C(CCl)NC1C=NC(=O)NC1=O. The molecule has 2 N–H and O–H groups in total. The van der Waals surface area contributed by atoms with Gasteiger partial charge in [0.1, 0.15) is 11.9 Å². The molecule has 0 saturated carbocycles. The summed E-state index contributed by atoms with van der Waals surface area (Å²) in [5, 5.41) is 4.18. The predicted octanol–water partition coefficient (Wildman–Crippen LogP) is -0.969. The molecule has 6 nitrogen and oxygen atoms in total. The van der Waals surface area contributed by atoms with Gasteiger partial charge in [0.2, 0.25) is 5.91 Å². The molecule has 0 fully saturated rings. The number of carbonyl (C=O) groups excluding carboxylic acids is 3. The number of hydrogen-bond donors (Lipinski definition) is 2. The molecular formula is C6H6ClN3O3. The van der Waals surface area contributed by atoms with E-state index in [0.29, 0.717) is 0 Å². The van der Waals surface area contributed by atoms with E-state index in [1.54, 1.807) is 0 Å². The van der Waals surface area contributed by atoms with Gasteiger partial charge < -0.3 is 5.32 Å². The zero-order chi connectivity index (χ0) is 9.84. The molecule has 4 amide bonds. The van der Waals surface area contributed by atoms with E-state index in [1.165, 1.54) is 0 Å². The van der Waals surface area contributed by atoms with E-state index in [1.807, 2.05) is 5.32 Å². The molecule has 1 aliphatic heterocycles. The van der Waals surface area contributed by atoms with Gasteiger partial charge >= 0.3 is 6.03 Å². The van der Waals surface area contributed by atoms with Crippen LogP contribution in [0.5, 0.6) is 0 Å². The Morgan fingerprint density at radius 1 is 1.69 bits per heavy atom. The Morgan fingerprint density at radius 3 is 2.92 bits per heavy atom. The Balaban J connectivity index is 2.60. The van der Waals surface area contributed by atoms with Crippen molar-refractivity contribution in [3.8, 4) is 0 Å². The van der Waals surface area contributed by atoms with Crippen LogP contribution in [0.15, 0.2) is 4.99 Å². The lowest BCUT2D eigenvalue weighted by atomic mass is 10.3. The molecule has 70 valence electrons. The van der Waals surface area contributed by atoms with Gasteiger partial charge in [-0.05, 0) is 0 Å². The molecule has 0 radical (unpaired) electrons. The fourth-order valence-corrected chi connectivity index (χ4v) is 0.817. The van der Waals surface area contributed by atoms with Gasteiger partial charge in [0, 0.05) is 6.21 Å². The molecule has 0 aromatic carbocycles. The van der Waals surface area contributed by atoms with Crippen LogP contribution >= 0.6 is 11.6 Å². The highest BCUT2D eigenvalue weighted by molar-refractivity contribution is 6.27. The Hall–Kier alpha value is -1.43. The third-order valence-electron chi connectivity index (χ3n) is 1.29. The maximum atomic E-state index is 11.0. The second-order valence-electron chi connectivity index (χ2n) is 2.25. The smallest absolute Gasteiger partial charge is 0.339 e. The highest BCUT2D eigenvalue weighted by Gasteiger charge is 2.23. The van der Waals surface area contributed by atoms with E-state index in [4.69, 9.17) is 11.6 Å². The van der Waals surface area contributed by atoms with E-state index < -0.39 is 23.9 Å². The van der Waals surface area contributed by atoms with E-state index in [2.05, 4.69) is 10.3 Å². The minimum absolute atomic E-state index is 0.244. The van der Waals surface area contributed by atoms with Crippen LogP contribution in [0, 0.1) is 0 Å². The standard InChI is InChI=1S/C6H6ClN3O3/c7-1-4(11)9-3-2-8-6(13)10-5(3)12/h2-3H,1H2,(H,9,11)(H,10,12,13). The van der Waals surface area contributed by atoms with Gasteiger partial charge in [0.05, 0.1) is 0 Å². The average molecular weight is 204 g/mol. The molecule has 1 heterocycles. The normalized spacial score (nSPS) is 21.2. The maximum absolute atomic E-state index is 11.0. The largest absolute Gasteiger partial charge is 0.347 e. The van der Waals surface area contributed by atoms with Crippen LogP contribution in [0.4, 0.5) is 4.79 Å². The number of amides is 4. The number of nitrogens with one attached hydrogen (secondary N) is 2. The van der Waals surface area contributed by atoms with Gasteiger partial charge in [-0.3, -0.25) is 14.9 Å². The summed E-state index contributed by atoms with van der Waals surface area (Å²) >= 11 is 5.19. The van der Waals surface area contributed by atoms with Crippen molar-refractivity contribution >= 4 is 35.7 Å². The van der Waals surface area contributed by atoms with Crippen LogP contribution in [0.3, 0.4) is 0 Å². The monoisotopic (exact) mass is 203 g/mol. The first kappa shape index (κ1) is 9.66. The second-order valence-corrected chi connectivity index (χ2v) is 2.52. The van der Waals surface area contributed by atoms with Crippen LogP contribution in [0.1, 0.15) is 0 Å². The topological polar surface area (TPSA) is 87.6 Å². The van der Waals surface area contributed by atoms with Gasteiger partial charge in [0.15, 0.2) is 0 Å². The lowest BCUT2D eigenvalue weighted by Crippen LogP contribution is -2.52. The van der Waals surface area contributed by atoms with E-state index in [9.17, 15) is 14.4 Å². The fourth-order valence-electron chi connectivity index (χ4n) is 0.740. The summed E-state index contributed by atoms with van der Waals surface area (Å²) in [7, 11) is 0. The molecule has 1 atom stereocenters. The molecule has 13 heavy (non-hydrogen) atoms.